The van der Waals surface area contributed by atoms with Gasteiger partial charge in [0.2, 0.25) is 5.91 Å². The Labute approximate surface area is 165 Å². The Kier molecular flexibility index (Phi) is 6.43. The Morgan fingerprint density at radius 1 is 1.25 bits per heavy atom. The van der Waals surface area contributed by atoms with Crippen LogP contribution in [0.5, 0.6) is 0 Å². The average molecular weight is 379 g/mol. The van der Waals surface area contributed by atoms with Gasteiger partial charge in [-0.2, -0.15) is 5.26 Å². The van der Waals surface area contributed by atoms with E-state index in [9.17, 15) is 9.18 Å². The third-order valence-corrected chi connectivity index (χ3v) is 5.63. The molecule has 0 unspecified atom stereocenters. The van der Waals surface area contributed by atoms with Gasteiger partial charge in [-0.3, -0.25) is 4.79 Å². The van der Waals surface area contributed by atoms with Crippen LogP contribution in [0, 0.1) is 36.9 Å². The summed E-state index contributed by atoms with van der Waals surface area (Å²) in [5.74, 6) is 0.335. The molecule has 1 heterocycles. The zero-order valence-electron chi connectivity index (χ0n) is 16.4. The highest BCUT2D eigenvalue weighted by Crippen LogP contribution is 2.30. The zero-order chi connectivity index (χ0) is 20.1. The third kappa shape index (κ3) is 4.76. The zero-order valence-corrected chi connectivity index (χ0v) is 16.4. The van der Waals surface area contributed by atoms with E-state index in [0.717, 1.165) is 41.8 Å². The highest BCUT2D eigenvalue weighted by atomic mass is 19.1. The van der Waals surface area contributed by atoms with Crippen LogP contribution in [0.3, 0.4) is 0 Å². The van der Waals surface area contributed by atoms with Gasteiger partial charge in [-0.25, -0.2) is 4.39 Å². The van der Waals surface area contributed by atoms with Crippen molar-refractivity contribution in [3.8, 4) is 6.07 Å². The van der Waals surface area contributed by atoms with Crippen molar-refractivity contribution in [1.82, 2.24) is 10.6 Å². The molecule has 2 aromatic carbocycles. The van der Waals surface area contributed by atoms with Gasteiger partial charge in [-0.1, -0.05) is 12.1 Å². The van der Waals surface area contributed by atoms with Gasteiger partial charge in [0.25, 0.3) is 0 Å². The number of hydrogen-bond acceptors (Lipinski definition) is 3. The fraction of sp³-hybridized carbons (Fsp3) is 0.391. The summed E-state index contributed by atoms with van der Waals surface area (Å²) < 4.78 is 13.2. The molecule has 2 atom stereocenters. The fourth-order valence-corrected chi connectivity index (χ4v) is 4.09. The van der Waals surface area contributed by atoms with E-state index in [2.05, 4.69) is 16.7 Å². The number of carbonyl (C=O) groups excluding carboxylic acids is 1. The van der Waals surface area contributed by atoms with Gasteiger partial charge < -0.3 is 10.6 Å². The number of piperidine rings is 1. The van der Waals surface area contributed by atoms with Gasteiger partial charge in [-0.05, 0) is 85.2 Å². The van der Waals surface area contributed by atoms with E-state index in [0.29, 0.717) is 24.4 Å². The molecule has 28 heavy (non-hydrogen) atoms. The van der Waals surface area contributed by atoms with E-state index in [-0.39, 0.29) is 17.6 Å². The number of aryl methyl sites for hydroxylation is 2. The molecule has 0 aromatic heterocycles. The predicted octanol–water partition coefficient (Wildman–Crippen LogP) is 3.37. The Balaban J connectivity index is 1.63. The lowest BCUT2D eigenvalue weighted by Gasteiger charge is -2.32. The number of hydrogen-bond donors (Lipinski definition) is 2. The molecule has 0 radical (unpaired) electrons. The van der Waals surface area contributed by atoms with Gasteiger partial charge in [0, 0.05) is 13.1 Å². The van der Waals surface area contributed by atoms with E-state index in [1.807, 2.05) is 38.1 Å². The molecule has 146 valence electrons. The summed E-state index contributed by atoms with van der Waals surface area (Å²) in [6.07, 6.45) is 1.28. The van der Waals surface area contributed by atoms with Crippen LogP contribution >= 0.6 is 0 Å². The quantitative estimate of drug-likeness (QED) is 0.837. The molecule has 1 saturated heterocycles. The van der Waals surface area contributed by atoms with Crippen LogP contribution in [-0.2, 0) is 11.2 Å². The maximum Gasteiger partial charge on any atom is 0.224 e. The number of nitriles is 1. The van der Waals surface area contributed by atoms with Gasteiger partial charge >= 0.3 is 0 Å². The van der Waals surface area contributed by atoms with Crippen LogP contribution in [0.25, 0.3) is 0 Å². The number of rotatable bonds is 5. The summed E-state index contributed by atoms with van der Waals surface area (Å²) in [6.45, 7) is 6.22. The van der Waals surface area contributed by atoms with Crippen LogP contribution in [0.15, 0.2) is 36.4 Å². The minimum absolute atomic E-state index is 0.0145. The molecular weight excluding hydrogens is 353 g/mol. The molecule has 1 amide bonds. The first-order valence-electron chi connectivity index (χ1n) is 9.71. The van der Waals surface area contributed by atoms with E-state index in [4.69, 9.17) is 5.26 Å². The van der Waals surface area contributed by atoms with Crippen LogP contribution in [0.1, 0.15) is 40.2 Å². The van der Waals surface area contributed by atoms with E-state index in [1.54, 1.807) is 0 Å². The molecule has 2 aromatic rings. The lowest BCUT2D eigenvalue weighted by Crippen LogP contribution is -2.42. The molecule has 3 rings (SSSR count). The highest BCUT2D eigenvalue weighted by Gasteiger charge is 2.26. The second kappa shape index (κ2) is 8.99. The normalized spacial score (nSPS) is 19.1. The largest absolute Gasteiger partial charge is 0.355 e. The summed E-state index contributed by atoms with van der Waals surface area (Å²) in [5, 5.41) is 15.5. The average Bonchev–Trinajstić information content (AvgIpc) is 2.70. The molecular formula is C23H26FN3O. The first kappa shape index (κ1) is 20.0. The number of nitrogens with zero attached hydrogens (tertiary/aromatic N) is 1. The van der Waals surface area contributed by atoms with Crippen molar-refractivity contribution in [3.05, 3.63) is 70.0 Å². The van der Waals surface area contributed by atoms with Crippen molar-refractivity contribution in [1.29, 1.82) is 5.26 Å². The first-order chi connectivity index (χ1) is 13.5. The lowest BCUT2D eigenvalue weighted by molar-refractivity contribution is -0.120. The van der Waals surface area contributed by atoms with E-state index >= 15 is 0 Å². The third-order valence-electron chi connectivity index (χ3n) is 5.63. The van der Waals surface area contributed by atoms with Gasteiger partial charge in [-0.15, -0.1) is 0 Å². The summed E-state index contributed by atoms with van der Waals surface area (Å²) in [5.41, 5.74) is 4.66. The fourth-order valence-electron chi connectivity index (χ4n) is 4.09. The molecule has 0 bridgehead atoms. The molecule has 5 heteroatoms. The second-order valence-corrected chi connectivity index (χ2v) is 7.59. The van der Waals surface area contributed by atoms with Crippen molar-refractivity contribution in [3.63, 3.8) is 0 Å². The Bertz CT molecular complexity index is 863. The number of amides is 1. The monoisotopic (exact) mass is 379 g/mol. The molecule has 1 aliphatic heterocycles. The van der Waals surface area contributed by atoms with Crippen LogP contribution in [-0.4, -0.2) is 25.5 Å². The van der Waals surface area contributed by atoms with E-state index < -0.39 is 0 Å². The maximum atomic E-state index is 13.2. The Morgan fingerprint density at radius 2 is 1.93 bits per heavy atom. The Hall–Kier alpha value is -2.71. The molecule has 2 N–H and O–H groups in total. The minimum Gasteiger partial charge on any atom is -0.355 e. The highest BCUT2D eigenvalue weighted by molar-refractivity contribution is 5.79. The topological polar surface area (TPSA) is 64.9 Å². The first-order valence-corrected chi connectivity index (χ1v) is 9.71. The predicted molar refractivity (Wildman–Crippen MR) is 107 cm³/mol. The number of benzene rings is 2. The smallest absolute Gasteiger partial charge is 0.224 e. The van der Waals surface area contributed by atoms with Gasteiger partial charge in [0.15, 0.2) is 0 Å². The Morgan fingerprint density at radius 3 is 2.57 bits per heavy atom. The summed E-state index contributed by atoms with van der Waals surface area (Å²) in [6, 6.07) is 12.5. The summed E-state index contributed by atoms with van der Waals surface area (Å²) in [7, 11) is 0. The van der Waals surface area contributed by atoms with E-state index in [1.165, 1.54) is 12.1 Å². The van der Waals surface area contributed by atoms with Crippen molar-refractivity contribution in [2.24, 2.45) is 5.92 Å². The number of halogens is 1. The van der Waals surface area contributed by atoms with Gasteiger partial charge in [0.1, 0.15) is 5.82 Å². The number of carbonyl (C=O) groups is 1. The second-order valence-electron chi connectivity index (χ2n) is 7.59. The molecule has 0 saturated carbocycles. The molecule has 4 nitrogen and oxygen atoms in total. The van der Waals surface area contributed by atoms with Crippen molar-refractivity contribution in [2.45, 2.75) is 32.6 Å². The van der Waals surface area contributed by atoms with Gasteiger partial charge in [0.05, 0.1) is 18.1 Å². The van der Waals surface area contributed by atoms with Crippen LogP contribution < -0.4 is 10.6 Å². The standard InChI is InChI=1S/C23H26FN3O/c1-15-9-17(12-25)10-16(2)22(15)11-23(28)27-14-19-13-26-8-7-21(19)18-3-5-20(24)6-4-18/h3-6,9-10,19,21,26H,7-8,11,13-14H2,1-2H3,(H,27,28)/t19-,21+/m0/s1. The van der Waals surface area contributed by atoms with Crippen LogP contribution in [0.2, 0.25) is 0 Å². The van der Waals surface area contributed by atoms with Crippen molar-refractivity contribution >= 4 is 5.91 Å². The molecule has 1 fully saturated rings. The maximum absolute atomic E-state index is 13.2. The molecule has 1 aliphatic rings. The lowest BCUT2D eigenvalue weighted by atomic mass is 9.81. The van der Waals surface area contributed by atoms with Crippen molar-refractivity contribution < 1.29 is 9.18 Å². The number of nitrogens with one attached hydrogen (secondary N) is 2. The molecule has 0 aliphatic carbocycles. The van der Waals surface area contributed by atoms with Crippen LogP contribution in [0.4, 0.5) is 4.39 Å². The minimum atomic E-state index is -0.226. The SMILES string of the molecule is Cc1cc(C#N)cc(C)c1CC(=O)NC[C@@H]1CNCC[C@@H]1c1ccc(F)cc1. The summed E-state index contributed by atoms with van der Waals surface area (Å²) >= 11 is 0. The summed E-state index contributed by atoms with van der Waals surface area (Å²) in [4.78, 5) is 12.6. The molecule has 0 spiro atoms. The van der Waals surface area contributed by atoms with Crippen molar-refractivity contribution in [2.75, 3.05) is 19.6 Å².